The molecule has 0 aliphatic carbocycles. The van der Waals surface area contributed by atoms with Crippen LogP contribution < -0.4 is 10.6 Å². The summed E-state index contributed by atoms with van der Waals surface area (Å²) < 4.78 is 4.61. The zero-order valence-electron chi connectivity index (χ0n) is 18.5. The summed E-state index contributed by atoms with van der Waals surface area (Å²) in [6.07, 6.45) is 0.839. The minimum atomic E-state index is -0.528. The molecule has 170 valence electrons. The summed E-state index contributed by atoms with van der Waals surface area (Å²) in [5.74, 6) is -0.530. The van der Waals surface area contributed by atoms with Gasteiger partial charge in [-0.15, -0.1) is 0 Å². The Morgan fingerprint density at radius 3 is 2.31 bits per heavy atom. The van der Waals surface area contributed by atoms with E-state index >= 15 is 0 Å². The molecule has 0 aromatic heterocycles. The number of hydrogen-bond acceptors (Lipinski definition) is 5. The first kappa shape index (κ1) is 23.5. The fraction of sp³-hybridized carbons (Fsp3) is 0.400. The number of hydrogen-bond donors (Lipinski definition) is 2. The van der Waals surface area contributed by atoms with Gasteiger partial charge < -0.3 is 15.4 Å². The minimum Gasteiger partial charge on any atom is -0.469 e. The molecule has 2 N–H and O–H groups in total. The van der Waals surface area contributed by atoms with Crippen molar-refractivity contribution < 1.29 is 19.1 Å². The number of methoxy groups -OCH3 is 1. The van der Waals surface area contributed by atoms with Gasteiger partial charge in [0.05, 0.1) is 19.6 Å². The number of benzene rings is 2. The van der Waals surface area contributed by atoms with Gasteiger partial charge in [-0.2, -0.15) is 0 Å². The molecular formula is C25H31N3O4. The highest BCUT2D eigenvalue weighted by atomic mass is 16.5. The van der Waals surface area contributed by atoms with Crippen molar-refractivity contribution in [1.82, 2.24) is 15.5 Å². The molecule has 0 radical (unpaired) electrons. The molecule has 2 amide bonds. The van der Waals surface area contributed by atoms with Crippen molar-refractivity contribution in [3.8, 4) is 0 Å². The quantitative estimate of drug-likeness (QED) is 0.439. The summed E-state index contributed by atoms with van der Waals surface area (Å²) in [5.41, 5.74) is 2.35. The Morgan fingerprint density at radius 1 is 1.09 bits per heavy atom. The first-order chi connectivity index (χ1) is 15.6. The third kappa shape index (κ3) is 6.65. The van der Waals surface area contributed by atoms with E-state index in [2.05, 4.69) is 44.5 Å². The standard InChI is InChI=1S/C25H31N3O4/c1-32-24(30)13-8-14-26-23(29)17-22-25(31)27-15-16-28(22)18-21(19-9-4-2-5-10-19)20-11-6-3-7-12-20/h2-7,9-12,21-22H,8,13-18H2,1H3,(H,26,29)(H,27,31). The second-order valence-corrected chi connectivity index (χ2v) is 7.91. The van der Waals surface area contributed by atoms with Crippen LogP contribution in [0.4, 0.5) is 0 Å². The van der Waals surface area contributed by atoms with Gasteiger partial charge in [-0.1, -0.05) is 60.7 Å². The number of nitrogens with one attached hydrogen (secondary N) is 2. The van der Waals surface area contributed by atoms with Crippen molar-refractivity contribution >= 4 is 17.8 Å². The molecule has 0 spiro atoms. The van der Waals surface area contributed by atoms with E-state index in [1.807, 2.05) is 36.4 Å². The van der Waals surface area contributed by atoms with E-state index in [1.54, 1.807) is 0 Å². The molecule has 2 aromatic rings. The van der Waals surface area contributed by atoms with Crippen LogP contribution in [0.3, 0.4) is 0 Å². The Kier molecular flexibility index (Phi) is 8.80. The van der Waals surface area contributed by atoms with Gasteiger partial charge in [0.15, 0.2) is 0 Å². The van der Waals surface area contributed by atoms with Gasteiger partial charge in [0.1, 0.15) is 0 Å². The van der Waals surface area contributed by atoms with Gasteiger partial charge in [0.25, 0.3) is 0 Å². The Bertz CT molecular complexity index is 849. The van der Waals surface area contributed by atoms with Crippen molar-refractivity contribution in [3.05, 3.63) is 71.8 Å². The maximum atomic E-state index is 12.7. The Labute approximate surface area is 189 Å². The number of amides is 2. The van der Waals surface area contributed by atoms with E-state index in [-0.39, 0.29) is 36.5 Å². The summed E-state index contributed by atoms with van der Waals surface area (Å²) in [7, 11) is 1.34. The minimum absolute atomic E-state index is 0.0837. The van der Waals surface area contributed by atoms with E-state index in [0.29, 0.717) is 32.6 Å². The second kappa shape index (κ2) is 12.0. The molecule has 1 fully saturated rings. The molecule has 0 bridgehead atoms. The molecular weight excluding hydrogens is 406 g/mol. The molecule has 1 atom stereocenters. The fourth-order valence-electron chi connectivity index (χ4n) is 4.02. The zero-order valence-corrected chi connectivity index (χ0v) is 18.5. The second-order valence-electron chi connectivity index (χ2n) is 7.91. The van der Waals surface area contributed by atoms with Crippen LogP contribution in [0.15, 0.2) is 60.7 Å². The molecule has 2 aromatic carbocycles. The number of carbonyl (C=O) groups excluding carboxylic acids is 3. The summed E-state index contributed by atoms with van der Waals surface area (Å²) in [4.78, 5) is 38.5. The molecule has 7 nitrogen and oxygen atoms in total. The number of carbonyl (C=O) groups is 3. The summed E-state index contributed by atoms with van der Waals surface area (Å²) >= 11 is 0. The lowest BCUT2D eigenvalue weighted by atomic mass is 9.90. The summed E-state index contributed by atoms with van der Waals surface area (Å²) in [6, 6.07) is 20.0. The first-order valence-electron chi connectivity index (χ1n) is 11.0. The molecule has 1 aliphatic heterocycles. The number of ether oxygens (including phenoxy) is 1. The lowest BCUT2D eigenvalue weighted by Gasteiger charge is -2.37. The largest absolute Gasteiger partial charge is 0.469 e. The van der Waals surface area contributed by atoms with Crippen molar-refractivity contribution in [2.24, 2.45) is 0 Å². The molecule has 3 rings (SSSR count). The van der Waals surface area contributed by atoms with Gasteiger partial charge in [-0.25, -0.2) is 0 Å². The summed E-state index contributed by atoms with van der Waals surface area (Å²) in [5, 5.41) is 5.70. The topological polar surface area (TPSA) is 87.7 Å². The Balaban J connectivity index is 1.67. The van der Waals surface area contributed by atoms with Crippen molar-refractivity contribution in [3.63, 3.8) is 0 Å². The van der Waals surface area contributed by atoms with Gasteiger partial charge in [-0.3, -0.25) is 19.3 Å². The van der Waals surface area contributed by atoms with Crippen LogP contribution in [-0.2, 0) is 19.1 Å². The van der Waals surface area contributed by atoms with E-state index in [9.17, 15) is 14.4 Å². The molecule has 0 saturated carbocycles. The van der Waals surface area contributed by atoms with E-state index in [0.717, 1.165) is 0 Å². The lowest BCUT2D eigenvalue weighted by Crippen LogP contribution is -2.57. The van der Waals surface area contributed by atoms with Gasteiger partial charge in [0, 0.05) is 38.5 Å². The van der Waals surface area contributed by atoms with Crippen LogP contribution in [0.1, 0.15) is 36.3 Å². The smallest absolute Gasteiger partial charge is 0.305 e. The Morgan fingerprint density at radius 2 is 1.72 bits per heavy atom. The Hall–Kier alpha value is -3.19. The monoisotopic (exact) mass is 437 g/mol. The number of piperazine rings is 1. The first-order valence-corrected chi connectivity index (χ1v) is 11.0. The molecule has 1 heterocycles. The highest BCUT2D eigenvalue weighted by Gasteiger charge is 2.33. The number of nitrogens with zero attached hydrogens (tertiary/aromatic N) is 1. The van der Waals surface area contributed by atoms with Crippen molar-refractivity contribution in [1.29, 1.82) is 0 Å². The number of rotatable bonds is 10. The third-order valence-corrected chi connectivity index (χ3v) is 5.75. The number of esters is 1. The van der Waals surface area contributed by atoms with E-state index < -0.39 is 6.04 Å². The maximum Gasteiger partial charge on any atom is 0.305 e. The predicted molar refractivity (Wildman–Crippen MR) is 122 cm³/mol. The molecule has 1 saturated heterocycles. The molecule has 1 unspecified atom stereocenters. The maximum absolute atomic E-state index is 12.7. The van der Waals surface area contributed by atoms with E-state index in [1.165, 1.54) is 18.2 Å². The van der Waals surface area contributed by atoms with Crippen molar-refractivity contribution in [2.75, 3.05) is 33.3 Å². The van der Waals surface area contributed by atoms with Gasteiger partial charge >= 0.3 is 5.97 Å². The zero-order chi connectivity index (χ0) is 22.8. The molecule has 1 aliphatic rings. The fourth-order valence-corrected chi connectivity index (χ4v) is 4.02. The lowest BCUT2D eigenvalue weighted by molar-refractivity contribution is -0.140. The van der Waals surface area contributed by atoms with Crippen LogP contribution >= 0.6 is 0 Å². The van der Waals surface area contributed by atoms with Crippen LogP contribution in [0, 0.1) is 0 Å². The molecule has 7 heteroatoms. The average molecular weight is 438 g/mol. The summed E-state index contributed by atoms with van der Waals surface area (Å²) in [6.45, 7) is 2.26. The van der Waals surface area contributed by atoms with Gasteiger partial charge in [-0.05, 0) is 17.5 Å². The van der Waals surface area contributed by atoms with Crippen LogP contribution in [-0.4, -0.2) is 62.0 Å². The van der Waals surface area contributed by atoms with E-state index in [4.69, 9.17) is 0 Å². The third-order valence-electron chi connectivity index (χ3n) is 5.75. The van der Waals surface area contributed by atoms with Crippen molar-refractivity contribution in [2.45, 2.75) is 31.2 Å². The van der Waals surface area contributed by atoms with Crippen LogP contribution in [0.5, 0.6) is 0 Å². The highest BCUT2D eigenvalue weighted by molar-refractivity contribution is 5.88. The highest BCUT2D eigenvalue weighted by Crippen LogP contribution is 2.27. The average Bonchev–Trinajstić information content (AvgIpc) is 2.83. The molecule has 32 heavy (non-hydrogen) atoms. The normalized spacial score (nSPS) is 16.4. The van der Waals surface area contributed by atoms with Crippen LogP contribution in [0.25, 0.3) is 0 Å². The predicted octanol–water partition coefficient (Wildman–Crippen LogP) is 2.08. The van der Waals surface area contributed by atoms with Crippen LogP contribution in [0.2, 0.25) is 0 Å². The van der Waals surface area contributed by atoms with Gasteiger partial charge in [0.2, 0.25) is 11.8 Å². The SMILES string of the molecule is COC(=O)CCCNC(=O)CC1C(=O)NCCN1CC(c1ccccc1)c1ccccc1.